The number of nitrogens with one attached hydrogen (secondary N) is 2. The van der Waals surface area contributed by atoms with Gasteiger partial charge < -0.3 is 14.8 Å². The van der Waals surface area contributed by atoms with E-state index in [1.165, 1.54) is 25.3 Å². The normalized spacial score (nSPS) is 15.0. The lowest BCUT2D eigenvalue weighted by Gasteiger charge is -2.14. The zero-order chi connectivity index (χ0) is 18.7. The molecule has 0 atom stereocenters. The summed E-state index contributed by atoms with van der Waals surface area (Å²) in [6.07, 6.45) is 1.53. The van der Waals surface area contributed by atoms with Crippen LogP contribution in [0.1, 0.15) is 11.1 Å². The molecule has 2 aromatic rings. The summed E-state index contributed by atoms with van der Waals surface area (Å²) in [4.78, 5) is 22.8. The van der Waals surface area contributed by atoms with E-state index in [4.69, 9.17) is 9.47 Å². The zero-order valence-electron chi connectivity index (χ0n) is 13.6. The topological polar surface area (TPSA) is 76.7 Å². The molecule has 2 aromatic carbocycles. The van der Waals surface area contributed by atoms with Gasteiger partial charge in [-0.3, -0.25) is 10.1 Å². The summed E-state index contributed by atoms with van der Waals surface area (Å²) >= 11 is 3.42. The lowest BCUT2D eigenvalue weighted by Crippen LogP contribution is -2.22. The smallest absolute Gasteiger partial charge is 0.326 e. The average molecular weight is 421 g/mol. The van der Waals surface area contributed by atoms with Gasteiger partial charge in [0.25, 0.3) is 5.91 Å². The first-order valence-electron chi connectivity index (χ1n) is 7.55. The van der Waals surface area contributed by atoms with E-state index in [0.717, 1.165) is 5.56 Å². The van der Waals surface area contributed by atoms with Crippen LogP contribution in [0.3, 0.4) is 0 Å². The molecule has 1 heterocycles. The third-order valence-electron chi connectivity index (χ3n) is 3.58. The van der Waals surface area contributed by atoms with Crippen molar-refractivity contribution in [1.82, 2.24) is 10.6 Å². The molecule has 3 amide bonds. The Morgan fingerprint density at radius 2 is 1.88 bits per heavy atom. The van der Waals surface area contributed by atoms with E-state index >= 15 is 0 Å². The number of amides is 3. The first-order chi connectivity index (χ1) is 12.5. The third kappa shape index (κ3) is 4.02. The van der Waals surface area contributed by atoms with Gasteiger partial charge in [0.1, 0.15) is 18.1 Å². The second-order valence-corrected chi connectivity index (χ2v) is 6.27. The van der Waals surface area contributed by atoms with E-state index in [0.29, 0.717) is 21.5 Å². The lowest BCUT2D eigenvalue weighted by atomic mass is 10.1. The molecule has 1 aliphatic rings. The number of ether oxygens (including phenoxy) is 2. The van der Waals surface area contributed by atoms with E-state index < -0.39 is 11.9 Å². The maximum atomic E-state index is 13.0. The molecule has 0 bridgehead atoms. The minimum atomic E-state index is -0.563. The van der Waals surface area contributed by atoms with Crippen molar-refractivity contribution in [3.05, 3.63) is 63.5 Å². The molecule has 0 unspecified atom stereocenters. The fraction of sp³-hybridized carbons (Fsp3) is 0.111. The fourth-order valence-electron chi connectivity index (χ4n) is 2.35. The van der Waals surface area contributed by atoms with Crippen molar-refractivity contribution in [1.29, 1.82) is 0 Å². The summed E-state index contributed by atoms with van der Waals surface area (Å²) < 4.78 is 24.7. The van der Waals surface area contributed by atoms with Crippen LogP contribution < -0.4 is 20.1 Å². The van der Waals surface area contributed by atoms with Gasteiger partial charge in [-0.15, -0.1) is 0 Å². The molecule has 6 nitrogen and oxygen atoms in total. The Bertz CT molecular complexity index is 897. The number of hydrogen-bond acceptors (Lipinski definition) is 4. The minimum Gasteiger partial charge on any atom is -0.493 e. The van der Waals surface area contributed by atoms with Crippen molar-refractivity contribution in [3.63, 3.8) is 0 Å². The van der Waals surface area contributed by atoms with Crippen LogP contribution in [-0.4, -0.2) is 19.0 Å². The molecule has 26 heavy (non-hydrogen) atoms. The molecular formula is C18H14BrFN2O4. The SMILES string of the molecule is COc1cc(/C=C2/NC(=O)NC2=O)cc(Br)c1OCc1ccc(F)cc1. The number of carbonyl (C=O) groups excluding carboxylic acids is 2. The number of methoxy groups -OCH3 is 1. The highest BCUT2D eigenvalue weighted by Crippen LogP contribution is 2.37. The van der Waals surface area contributed by atoms with Gasteiger partial charge in [-0.25, -0.2) is 9.18 Å². The molecule has 0 aromatic heterocycles. The highest BCUT2D eigenvalue weighted by molar-refractivity contribution is 9.10. The van der Waals surface area contributed by atoms with Crippen LogP contribution in [0.15, 0.2) is 46.6 Å². The van der Waals surface area contributed by atoms with Crippen LogP contribution in [0.4, 0.5) is 9.18 Å². The summed E-state index contributed by atoms with van der Waals surface area (Å²) in [6, 6.07) is 8.84. The van der Waals surface area contributed by atoms with Crippen LogP contribution in [0.2, 0.25) is 0 Å². The van der Waals surface area contributed by atoms with Gasteiger partial charge >= 0.3 is 6.03 Å². The van der Waals surface area contributed by atoms with Crippen LogP contribution in [-0.2, 0) is 11.4 Å². The Kier molecular flexibility index (Phi) is 5.22. The largest absolute Gasteiger partial charge is 0.493 e. The first kappa shape index (κ1) is 17.9. The van der Waals surface area contributed by atoms with E-state index in [1.807, 2.05) is 0 Å². The molecule has 2 N–H and O–H groups in total. The number of imide groups is 1. The Morgan fingerprint density at radius 1 is 1.15 bits per heavy atom. The van der Waals surface area contributed by atoms with Gasteiger partial charge in [-0.1, -0.05) is 12.1 Å². The van der Waals surface area contributed by atoms with Crippen molar-refractivity contribution in [2.24, 2.45) is 0 Å². The van der Waals surface area contributed by atoms with E-state index in [-0.39, 0.29) is 18.1 Å². The predicted octanol–water partition coefficient (Wildman–Crippen LogP) is 3.36. The van der Waals surface area contributed by atoms with Gasteiger partial charge in [0, 0.05) is 0 Å². The predicted molar refractivity (Wildman–Crippen MR) is 96.1 cm³/mol. The molecule has 0 spiro atoms. The van der Waals surface area contributed by atoms with E-state index in [2.05, 4.69) is 26.6 Å². The number of urea groups is 1. The Hall–Kier alpha value is -2.87. The zero-order valence-corrected chi connectivity index (χ0v) is 15.2. The highest BCUT2D eigenvalue weighted by Gasteiger charge is 2.23. The number of hydrogen-bond donors (Lipinski definition) is 2. The highest BCUT2D eigenvalue weighted by atomic mass is 79.9. The monoisotopic (exact) mass is 420 g/mol. The second-order valence-electron chi connectivity index (χ2n) is 5.42. The molecule has 1 fully saturated rings. The molecule has 0 radical (unpaired) electrons. The van der Waals surface area contributed by atoms with E-state index in [1.54, 1.807) is 24.3 Å². The summed E-state index contributed by atoms with van der Waals surface area (Å²) in [7, 11) is 1.49. The quantitative estimate of drug-likeness (QED) is 0.574. The van der Waals surface area contributed by atoms with Crippen molar-refractivity contribution >= 4 is 33.9 Å². The molecule has 0 aliphatic carbocycles. The summed E-state index contributed by atoms with van der Waals surface area (Å²) in [5.74, 6) is 0.103. The number of rotatable bonds is 5. The van der Waals surface area contributed by atoms with Crippen molar-refractivity contribution in [2.45, 2.75) is 6.61 Å². The van der Waals surface area contributed by atoms with Crippen molar-refractivity contribution < 1.29 is 23.5 Å². The molecule has 0 saturated carbocycles. The maximum Gasteiger partial charge on any atom is 0.326 e. The molecule has 8 heteroatoms. The van der Waals surface area contributed by atoms with Crippen molar-refractivity contribution in [3.8, 4) is 11.5 Å². The van der Waals surface area contributed by atoms with E-state index in [9.17, 15) is 14.0 Å². The Morgan fingerprint density at radius 3 is 2.50 bits per heavy atom. The molecule has 3 rings (SSSR count). The van der Waals surface area contributed by atoms with Gasteiger partial charge in [0.15, 0.2) is 11.5 Å². The minimum absolute atomic E-state index is 0.143. The van der Waals surface area contributed by atoms with Crippen LogP contribution in [0.25, 0.3) is 6.08 Å². The van der Waals surface area contributed by atoms with Gasteiger partial charge in [-0.2, -0.15) is 0 Å². The third-order valence-corrected chi connectivity index (χ3v) is 4.17. The summed E-state index contributed by atoms with van der Waals surface area (Å²) in [6.45, 7) is 0.230. The maximum absolute atomic E-state index is 13.0. The van der Waals surface area contributed by atoms with Gasteiger partial charge in [-0.05, 0) is 57.4 Å². The molecule has 1 saturated heterocycles. The van der Waals surface area contributed by atoms with Crippen LogP contribution in [0.5, 0.6) is 11.5 Å². The molecule has 134 valence electrons. The Labute approximate surface area is 157 Å². The van der Waals surface area contributed by atoms with Gasteiger partial charge in [0.05, 0.1) is 11.6 Å². The molecular weight excluding hydrogens is 407 g/mol. The van der Waals surface area contributed by atoms with Gasteiger partial charge in [0.2, 0.25) is 0 Å². The van der Waals surface area contributed by atoms with Crippen molar-refractivity contribution in [2.75, 3.05) is 7.11 Å². The fourth-order valence-corrected chi connectivity index (χ4v) is 2.92. The van der Waals surface area contributed by atoms with Crippen LogP contribution >= 0.6 is 15.9 Å². The first-order valence-corrected chi connectivity index (χ1v) is 8.34. The second kappa shape index (κ2) is 7.57. The molecule has 1 aliphatic heterocycles. The lowest BCUT2D eigenvalue weighted by molar-refractivity contribution is -0.115. The van der Waals surface area contributed by atoms with Crippen LogP contribution in [0, 0.1) is 5.82 Å². The summed E-state index contributed by atoms with van der Waals surface area (Å²) in [5, 5.41) is 4.55. The summed E-state index contributed by atoms with van der Waals surface area (Å²) in [5.41, 5.74) is 1.58. The average Bonchev–Trinajstić information content (AvgIpc) is 2.92. The number of benzene rings is 2. The standard InChI is InChI=1S/C18H14BrFN2O4/c1-25-15-8-11(7-14-17(23)22-18(24)21-14)6-13(19)16(15)26-9-10-2-4-12(20)5-3-10/h2-8H,9H2,1H3,(H2,21,22,23,24)/b14-7+. The number of halogens is 2. The Balaban J connectivity index is 1.83. The number of carbonyl (C=O) groups is 2.